The van der Waals surface area contributed by atoms with E-state index in [1.807, 2.05) is 14.0 Å². The van der Waals surface area contributed by atoms with Crippen LogP contribution in [0.5, 0.6) is 0 Å². The number of rotatable bonds is 8. The molecule has 0 aliphatic heterocycles. The monoisotopic (exact) mass is 268 g/mol. The summed E-state index contributed by atoms with van der Waals surface area (Å²) < 4.78 is 5.21. The second kappa shape index (κ2) is 7.91. The molecule has 0 saturated heterocycles. The molecule has 0 fully saturated rings. The predicted molar refractivity (Wildman–Crippen MR) is 76.8 cm³/mol. The zero-order chi connectivity index (χ0) is 14.3. The van der Waals surface area contributed by atoms with E-state index in [1.165, 1.54) is 0 Å². The SMILES string of the molecule is CNc1nc(C(C)C)nc(NCCOCCO)c1C. The minimum absolute atomic E-state index is 0.0495. The molecule has 0 spiro atoms. The Bertz CT molecular complexity index is 396. The summed E-state index contributed by atoms with van der Waals surface area (Å²) in [5, 5.41) is 14.9. The van der Waals surface area contributed by atoms with Crippen LogP contribution in [-0.4, -0.2) is 48.5 Å². The molecule has 108 valence electrons. The van der Waals surface area contributed by atoms with Crippen LogP contribution in [0.2, 0.25) is 0 Å². The molecule has 1 aromatic rings. The molecule has 1 rings (SSSR count). The molecule has 6 heteroatoms. The number of anilines is 2. The fourth-order valence-corrected chi connectivity index (χ4v) is 1.62. The van der Waals surface area contributed by atoms with Gasteiger partial charge in [-0.1, -0.05) is 13.8 Å². The molecule has 0 bridgehead atoms. The maximum atomic E-state index is 8.62. The molecule has 0 aliphatic carbocycles. The summed E-state index contributed by atoms with van der Waals surface area (Å²) in [7, 11) is 1.85. The highest BCUT2D eigenvalue weighted by atomic mass is 16.5. The van der Waals surface area contributed by atoms with Crippen molar-refractivity contribution >= 4 is 11.6 Å². The standard InChI is InChI=1S/C13H24N4O2/c1-9(2)11-16-12(14-4)10(3)13(17-11)15-5-7-19-8-6-18/h9,18H,5-8H2,1-4H3,(H2,14,15,16,17). The van der Waals surface area contributed by atoms with E-state index in [0.717, 1.165) is 23.0 Å². The number of nitrogens with one attached hydrogen (secondary N) is 2. The fourth-order valence-electron chi connectivity index (χ4n) is 1.62. The van der Waals surface area contributed by atoms with Crippen LogP contribution in [-0.2, 0) is 4.74 Å². The van der Waals surface area contributed by atoms with E-state index in [9.17, 15) is 0 Å². The first-order valence-electron chi connectivity index (χ1n) is 6.58. The van der Waals surface area contributed by atoms with Crippen LogP contribution in [0.4, 0.5) is 11.6 Å². The van der Waals surface area contributed by atoms with E-state index in [1.54, 1.807) is 0 Å². The Hall–Kier alpha value is -1.40. The lowest BCUT2D eigenvalue weighted by Gasteiger charge is -2.15. The molecule has 0 amide bonds. The quantitative estimate of drug-likeness (QED) is 0.618. The zero-order valence-electron chi connectivity index (χ0n) is 12.2. The Morgan fingerprint density at radius 3 is 2.47 bits per heavy atom. The fraction of sp³-hybridized carbons (Fsp3) is 0.692. The molecule has 0 radical (unpaired) electrons. The lowest BCUT2D eigenvalue weighted by Crippen LogP contribution is -2.15. The topological polar surface area (TPSA) is 79.3 Å². The molecular formula is C13H24N4O2. The molecule has 0 aromatic carbocycles. The number of aliphatic hydroxyl groups is 1. The third-order valence-electron chi connectivity index (χ3n) is 2.69. The molecule has 0 atom stereocenters. The number of aromatic nitrogens is 2. The van der Waals surface area contributed by atoms with Gasteiger partial charge in [-0.3, -0.25) is 0 Å². The molecule has 19 heavy (non-hydrogen) atoms. The van der Waals surface area contributed by atoms with Gasteiger partial charge in [0.15, 0.2) is 0 Å². The maximum absolute atomic E-state index is 8.62. The van der Waals surface area contributed by atoms with Crippen molar-refractivity contribution in [3.8, 4) is 0 Å². The molecule has 0 unspecified atom stereocenters. The summed E-state index contributed by atoms with van der Waals surface area (Å²) in [5.41, 5.74) is 0.994. The van der Waals surface area contributed by atoms with Gasteiger partial charge in [-0.2, -0.15) is 0 Å². The Kier molecular flexibility index (Phi) is 6.52. The highest BCUT2D eigenvalue weighted by Gasteiger charge is 2.11. The average Bonchev–Trinajstić information content (AvgIpc) is 2.40. The molecule has 1 heterocycles. The minimum Gasteiger partial charge on any atom is -0.394 e. The van der Waals surface area contributed by atoms with Gasteiger partial charge in [-0.25, -0.2) is 9.97 Å². The van der Waals surface area contributed by atoms with Gasteiger partial charge in [-0.15, -0.1) is 0 Å². The molecular weight excluding hydrogens is 244 g/mol. The van der Waals surface area contributed by atoms with E-state index >= 15 is 0 Å². The van der Waals surface area contributed by atoms with Gasteiger partial charge in [-0.05, 0) is 6.92 Å². The Morgan fingerprint density at radius 1 is 1.21 bits per heavy atom. The van der Waals surface area contributed by atoms with Crippen molar-refractivity contribution in [3.05, 3.63) is 11.4 Å². The third kappa shape index (κ3) is 4.65. The summed E-state index contributed by atoms with van der Waals surface area (Å²) in [6, 6.07) is 0. The average molecular weight is 268 g/mol. The first-order valence-corrected chi connectivity index (χ1v) is 6.58. The number of hydrogen-bond acceptors (Lipinski definition) is 6. The van der Waals surface area contributed by atoms with Crippen molar-refractivity contribution in [1.82, 2.24) is 9.97 Å². The Balaban J connectivity index is 2.72. The Labute approximate surface area is 114 Å². The van der Waals surface area contributed by atoms with Crippen LogP contribution in [0.1, 0.15) is 31.2 Å². The van der Waals surface area contributed by atoms with E-state index in [4.69, 9.17) is 9.84 Å². The summed E-state index contributed by atoms with van der Waals surface area (Å²) in [6.07, 6.45) is 0. The second-order valence-corrected chi connectivity index (χ2v) is 4.57. The minimum atomic E-state index is 0.0495. The number of ether oxygens (including phenoxy) is 1. The summed E-state index contributed by atoms with van der Waals surface area (Å²) >= 11 is 0. The van der Waals surface area contributed by atoms with Crippen molar-refractivity contribution in [3.63, 3.8) is 0 Å². The third-order valence-corrected chi connectivity index (χ3v) is 2.69. The van der Waals surface area contributed by atoms with Crippen molar-refractivity contribution in [1.29, 1.82) is 0 Å². The van der Waals surface area contributed by atoms with Gasteiger partial charge in [0.05, 0.1) is 19.8 Å². The maximum Gasteiger partial charge on any atom is 0.135 e. The molecule has 0 aliphatic rings. The summed E-state index contributed by atoms with van der Waals surface area (Å²) in [4.78, 5) is 9.01. The van der Waals surface area contributed by atoms with Gasteiger partial charge >= 0.3 is 0 Å². The highest BCUT2D eigenvalue weighted by Crippen LogP contribution is 2.22. The predicted octanol–water partition coefficient (Wildman–Crippen LogP) is 1.37. The van der Waals surface area contributed by atoms with Gasteiger partial charge in [0.25, 0.3) is 0 Å². The summed E-state index contributed by atoms with van der Waals surface area (Å²) in [6.45, 7) is 7.72. The van der Waals surface area contributed by atoms with Crippen LogP contribution >= 0.6 is 0 Å². The smallest absolute Gasteiger partial charge is 0.135 e. The number of hydrogen-bond donors (Lipinski definition) is 3. The molecule has 3 N–H and O–H groups in total. The van der Waals surface area contributed by atoms with Gasteiger partial charge in [0, 0.05) is 25.1 Å². The first-order chi connectivity index (χ1) is 9.10. The van der Waals surface area contributed by atoms with Crippen LogP contribution in [0.3, 0.4) is 0 Å². The lowest BCUT2D eigenvalue weighted by molar-refractivity contribution is 0.0992. The molecule has 0 saturated carbocycles. The van der Waals surface area contributed by atoms with Crippen molar-refractivity contribution in [2.75, 3.05) is 44.0 Å². The van der Waals surface area contributed by atoms with Gasteiger partial charge in [0.1, 0.15) is 17.5 Å². The van der Waals surface area contributed by atoms with E-state index in [2.05, 4.69) is 34.4 Å². The second-order valence-electron chi connectivity index (χ2n) is 4.57. The summed E-state index contributed by atoms with van der Waals surface area (Å²) in [5.74, 6) is 2.76. The van der Waals surface area contributed by atoms with Gasteiger partial charge in [0.2, 0.25) is 0 Å². The van der Waals surface area contributed by atoms with E-state index < -0.39 is 0 Å². The molecule has 6 nitrogen and oxygen atoms in total. The number of aliphatic hydroxyl groups excluding tert-OH is 1. The van der Waals surface area contributed by atoms with Crippen LogP contribution in [0.25, 0.3) is 0 Å². The van der Waals surface area contributed by atoms with Gasteiger partial charge < -0.3 is 20.5 Å². The van der Waals surface area contributed by atoms with Crippen LogP contribution in [0, 0.1) is 6.92 Å². The normalized spacial score (nSPS) is 10.8. The van der Waals surface area contributed by atoms with E-state index in [0.29, 0.717) is 19.8 Å². The lowest BCUT2D eigenvalue weighted by atomic mass is 10.2. The first kappa shape index (κ1) is 15.7. The van der Waals surface area contributed by atoms with Crippen molar-refractivity contribution in [2.24, 2.45) is 0 Å². The van der Waals surface area contributed by atoms with Crippen LogP contribution in [0.15, 0.2) is 0 Å². The largest absolute Gasteiger partial charge is 0.394 e. The number of nitrogens with zero attached hydrogens (tertiary/aromatic N) is 2. The van der Waals surface area contributed by atoms with Crippen molar-refractivity contribution in [2.45, 2.75) is 26.7 Å². The van der Waals surface area contributed by atoms with Crippen molar-refractivity contribution < 1.29 is 9.84 Å². The highest BCUT2D eigenvalue weighted by molar-refractivity contribution is 5.57. The molecule has 1 aromatic heterocycles. The van der Waals surface area contributed by atoms with Crippen LogP contribution < -0.4 is 10.6 Å². The van der Waals surface area contributed by atoms with E-state index in [-0.39, 0.29) is 12.5 Å². The Morgan fingerprint density at radius 2 is 1.89 bits per heavy atom. The zero-order valence-corrected chi connectivity index (χ0v) is 12.2.